The molecule has 31 heavy (non-hydrogen) atoms. The molecule has 4 N–H and O–H groups in total. The molecule has 0 spiro atoms. The molecule has 0 saturated carbocycles. The molecule has 2 aliphatic heterocycles. The third-order valence-corrected chi connectivity index (χ3v) is 6.27. The van der Waals surface area contributed by atoms with E-state index in [2.05, 4.69) is 28.9 Å². The predicted octanol–water partition coefficient (Wildman–Crippen LogP) is 1.61. The maximum atomic E-state index is 13.2. The van der Waals surface area contributed by atoms with Crippen LogP contribution in [-0.2, 0) is 16.2 Å². The van der Waals surface area contributed by atoms with Gasteiger partial charge in [0.25, 0.3) is 0 Å². The van der Waals surface area contributed by atoms with Crippen molar-refractivity contribution < 1.29 is 19.8 Å². The molecule has 1 aliphatic carbocycles. The monoisotopic (exact) mass is 425 g/mol. The molecule has 1 aromatic carbocycles. The Morgan fingerprint density at radius 3 is 2.90 bits per heavy atom. The molecule has 4 rings (SSSR count). The van der Waals surface area contributed by atoms with Crippen LogP contribution < -0.4 is 10.6 Å². The van der Waals surface area contributed by atoms with Gasteiger partial charge in [0.15, 0.2) is 0 Å². The van der Waals surface area contributed by atoms with Gasteiger partial charge in [-0.25, -0.2) is 0 Å². The Bertz CT molecular complexity index is 865. The van der Waals surface area contributed by atoms with E-state index in [1.54, 1.807) is 12.0 Å². The summed E-state index contributed by atoms with van der Waals surface area (Å²) in [5.74, 6) is -0.325. The number of aliphatic hydroxyl groups excluding tert-OH is 2. The fraction of sp³-hybridized carbons (Fsp3) is 0.458. The number of rotatable bonds is 8. The fourth-order valence-electron chi connectivity index (χ4n) is 4.65. The second-order valence-electron chi connectivity index (χ2n) is 8.41. The molecular weight excluding hydrogens is 394 g/mol. The molecule has 3 aliphatic rings. The number of allylic oxidation sites excluding steroid dienone is 4. The number of nitrogens with one attached hydrogen (secondary N) is 2. The van der Waals surface area contributed by atoms with Crippen LogP contribution in [0.15, 0.2) is 66.0 Å². The van der Waals surface area contributed by atoms with Gasteiger partial charge in [-0.1, -0.05) is 42.5 Å². The van der Waals surface area contributed by atoms with Gasteiger partial charge in [0.2, 0.25) is 5.91 Å². The molecule has 1 aromatic rings. The highest BCUT2D eigenvalue weighted by Gasteiger charge is 2.48. The number of carbonyl (C=O) groups is 1. The fourth-order valence-corrected chi connectivity index (χ4v) is 4.65. The van der Waals surface area contributed by atoms with Gasteiger partial charge in [-0.05, 0) is 37.0 Å². The Morgan fingerprint density at radius 1 is 1.35 bits per heavy atom. The minimum Gasteiger partial charge on any atom is -0.396 e. The lowest BCUT2D eigenvalue weighted by molar-refractivity contribution is -0.192. The Labute approximate surface area is 183 Å². The van der Waals surface area contributed by atoms with E-state index in [0.29, 0.717) is 19.0 Å². The summed E-state index contributed by atoms with van der Waals surface area (Å²) >= 11 is 0. The van der Waals surface area contributed by atoms with Gasteiger partial charge in [-0.15, -0.1) is 0 Å². The molecule has 1 amide bonds. The lowest BCUT2D eigenvalue weighted by atomic mass is 9.90. The third kappa shape index (κ3) is 4.75. The van der Waals surface area contributed by atoms with Gasteiger partial charge in [0, 0.05) is 30.3 Å². The quantitative estimate of drug-likeness (QED) is 0.506. The summed E-state index contributed by atoms with van der Waals surface area (Å²) in [6, 6.07) is 9.05. The number of amides is 1. The smallest absolute Gasteiger partial charge is 0.240 e. The van der Waals surface area contributed by atoms with Crippen LogP contribution in [-0.4, -0.2) is 52.6 Å². The summed E-state index contributed by atoms with van der Waals surface area (Å²) in [4.78, 5) is 19.1. The summed E-state index contributed by atoms with van der Waals surface area (Å²) in [5.41, 5.74) is 3.48. The van der Waals surface area contributed by atoms with Crippen molar-refractivity contribution in [1.82, 2.24) is 15.7 Å². The summed E-state index contributed by atoms with van der Waals surface area (Å²) in [6.45, 7) is 2.29. The average molecular weight is 426 g/mol. The molecule has 7 heteroatoms. The molecule has 166 valence electrons. The molecule has 5 atom stereocenters. The number of fused-ring (bicyclic) bond motifs is 1. The maximum absolute atomic E-state index is 13.2. The lowest BCUT2D eigenvalue weighted by Gasteiger charge is -2.24. The van der Waals surface area contributed by atoms with Crippen LogP contribution in [0.4, 0.5) is 0 Å². The standard InChI is InChI=1S/C24H31N3O4/c1-16(29)23-20(15-28)22(27(31-23)14-17-7-3-2-4-8-17)24(30)25-12-11-18-13-26-21-10-6-5-9-19(18)21/h2-8,10,13,16,19-20,22-23,26,28-29H,9,11-12,14-15H2,1H3,(H,25,30)/t16-,19?,20-,22-,23-/m0/s1. The van der Waals surface area contributed by atoms with E-state index in [1.165, 1.54) is 11.3 Å². The van der Waals surface area contributed by atoms with Crippen LogP contribution in [0.1, 0.15) is 25.3 Å². The molecule has 0 bridgehead atoms. The molecule has 0 aromatic heterocycles. The molecule has 0 radical (unpaired) electrons. The molecular formula is C24H31N3O4. The minimum atomic E-state index is -0.799. The van der Waals surface area contributed by atoms with E-state index >= 15 is 0 Å². The summed E-state index contributed by atoms with van der Waals surface area (Å²) in [7, 11) is 0. The third-order valence-electron chi connectivity index (χ3n) is 6.27. The second-order valence-corrected chi connectivity index (χ2v) is 8.41. The molecule has 2 heterocycles. The van der Waals surface area contributed by atoms with Crippen LogP contribution >= 0.6 is 0 Å². The molecule has 1 unspecified atom stereocenters. The van der Waals surface area contributed by atoms with Crippen molar-refractivity contribution in [2.75, 3.05) is 13.2 Å². The van der Waals surface area contributed by atoms with Crippen molar-refractivity contribution in [2.45, 2.75) is 44.6 Å². The van der Waals surface area contributed by atoms with Crippen LogP contribution in [0.3, 0.4) is 0 Å². The van der Waals surface area contributed by atoms with E-state index in [-0.39, 0.29) is 12.5 Å². The van der Waals surface area contributed by atoms with Crippen molar-refractivity contribution in [2.24, 2.45) is 11.8 Å². The van der Waals surface area contributed by atoms with Crippen molar-refractivity contribution in [3.63, 3.8) is 0 Å². The largest absolute Gasteiger partial charge is 0.396 e. The second kappa shape index (κ2) is 9.78. The van der Waals surface area contributed by atoms with E-state index in [9.17, 15) is 15.0 Å². The predicted molar refractivity (Wildman–Crippen MR) is 117 cm³/mol. The van der Waals surface area contributed by atoms with E-state index in [1.807, 2.05) is 36.5 Å². The molecule has 7 nitrogen and oxygen atoms in total. The normalized spacial score (nSPS) is 28.5. The maximum Gasteiger partial charge on any atom is 0.240 e. The summed E-state index contributed by atoms with van der Waals surface area (Å²) in [6.07, 6.45) is 8.65. The van der Waals surface area contributed by atoms with Crippen LogP contribution in [0.2, 0.25) is 0 Å². The summed E-state index contributed by atoms with van der Waals surface area (Å²) in [5, 5.41) is 28.1. The highest BCUT2D eigenvalue weighted by atomic mass is 16.7. The highest BCUT2D eigenvalue weighted by molar-refractivity contribution is 5.82. The molecule has 1 fully saturated rings. The lowest BCUT2D eigenvalue weighted by Crippen LogP contribution is -2.47. The van der Waals surface area contributed by atoms with Crippen molar-refractivity contribution in [3.8, 4) is 0 Å². The molecule has 1 saturated heterocycles. The zero-order valence-electron chi connectivity index (χ0n) is 17.8. The Kier molecular flexibility index (Phi) is 6.87. The first-order chi connectivity index (χ1) is 15.1. The number of hydrogen-bond acceptors (Lipinski definition) is 6. The number of nitrogens with zero attached hydrogens (tertiary/aromatic N) is 1. The van der Waals surface area contributed by atoms with Crippen molar-refractivity contribution in [1.29, 1.82) is 0 Å². The first kappa shape index (κ1) is 21.8. The van der Waals surface area contributed by atoms with Crippen molar-refractivity contribution >= 4 is 5.91 Å². The van der Waals surface area contributed by atoms with Gasteiger partial charge in [-0.3, -0.25) is 9.63 Å². The highest BCUT2D eigenvalue weighted by Crippen LogP contribution is 2.33. The van der Waals surface area contributed by atoms with Crippen LogP contribution in [0.25, 0.3) is 0 Å². The SMILES string of the molecule is C[C@H](O)[C@@H]1ON(Cc2ccccc2)[C@H](C(=O)NCCC2=CNC3=CC=CCC23)[C@@H]1CO. The van der Waals surface area contributed by atoms with Crippen LogP contribution in [0.5, 0.6) is 0 Å². The summed E-state index contributed by atoms with van der Waals surface area (Å²) < 4.78 is 0. The van der Waals surface area contributed by atoms with Gasteiger partial charge in [-0.2, -0.15) is 5.06 Å². The zero-order chi connectivity index (χ0) is 21.8. The van der Waals surface area contributed by atoms with Gasteiger partial charge in [0.1, 0.15) is 12.1 Å². The number of hydrogen-bond donors (Lipinski definition) is 4. The topological polar surface area (TPSA) is 94.1 Å². The Morgan fingerprint density at radius 2 is 2.16 bits per heavy atom. The zero-order valence-corrected chi connectivity index (χ0v) is 17.8. The minimum absolute atomic E-state index is 0.191. The van der Waals surface area contributed by atoms with Gasteiger partial charge >= 0.3 is 0 Å². The van der Waals surface area contributed by atoms with Crippen molar-refractivity contribution in [3.05, 3.63) is 71.6 Å². The first-order valence-corrected chi connectivity index (χ1v) is 10.9. The van der Waals surface area contributed by atoms with Gasteiger partial charge < -0.3 is 20.8 Å². The average Bonchev–Trinajstić information content (AvgIpc) is 3.36. The number of benzene rings is 1. The number of aliphatic hydroxyl groups is 2. The van der Waals surface area contributed by atoms with Crippen LogP contribution in [0, 0.1) is 11.8 Å². The van der Waals surface area contributed by atoms with Gasteiger partial charge in [0.05, 0.1) is 19.3 Å². The number of carbonyl (C=O) groups excluding carboxylic acids is 1. The van der Waals surface area contributed by atoms with E-state index in [0.717, 1.165) is 18.4 Å². The van der Waals surface area contributed by atoms with E-state index < -0.39 is 24.2 Å². The Hall–Kier alpha value is -2.45. The number of hydroxylamine groups is 2. The first-order valence-electron chi connectivity index (χ1n) is 10.9. The Balaban J connectivity index is 1.40. The van der Waals surface area contributed by atoms with E-state index in [4.69, 9.17) is 4.84 Å².